The minimum Gasteiger partial charge on any atom is -0.381 e. The maximum Gasteiger partial charge on any atom is 0.318 e. The van der Waals surface area contributed by atoms with Crippen LogP contribution in [0.25, 0.3) is 0 Å². The molecule has 4 rings (SSSR count). The Hall–Kier alpha value is -2.89. The summed E-state index contributed by atoms with van der Waals surface area (Å²) in [5.74, 6) is 0.605. The Morgan fingerprint density at radius 2 is 2.19 bits per heavy atom. The zero-order chi connectivity index (χ0) is 21.8. The van der Waals surface area contributed by atoms with Gasteiger partial charge < -0.3 is 20.3 Å². The number of nitrogens with one attached hydrogen (secondary N) is 2. The summed E-state index contributed by atoms with van der Waals surface area (Å²) >= 11 is 6.13. The number of carbonyl (C=O) groups excluding carboxylic acids is 1. The number of amides is 2. The zero-order valence-corrected chi connectivity index (χ0v) is 18.2. The summed E-state index contributed by atoms with van der Waals surface area (Å²) in [5, 5.41) is 15.8. The van der Waals surface area contributed by atoms with Gasteiger partial charge in [0.1, 0.15) is 6.07 Å². The molecule has 2 aliphatic heterocycles. The molecule has 0 unspecified atom stereocenters. The van der Waals surface area contributed by atoms with Gasteiger partial charge in [-0.25, -0.2) is 14.8 Å². The summed E-state index contributed by atoms with van der Waals surface area (Å²) in [6.45, 7) is 4.44. The molecule has 1 atom stereocenters. The van der Waals surface area contributed by atoms with Crippen LogP contribution in [0.2, 0.25) is 5.02 Å². The van der Waals surface area contributed by atoms with Gasteiger partial charge in [-0.2, -0.15) is 5.26 Å². The second kappa shape index (κ2) is 9.50. The number of hydrogen-bond acceptors (Lipinski definition) is 6. The van der Waals surface area contributed by atoms with E-state index in [0.717, 1.165) is 49.3 Å². The Balaban J connectivity index is 1.39. The highest BCUT2D eigenvalue weighted by atomic mass is 35.5. The first-order valence-electron chi connectivity index (χ1n) is 10.5. The van der Waals surface area contributed by atoms with Crippen LogP contribution in [-0.4, -0.2) is 46.7 Å². The molecule has 0 spiro atoms. The molecular formula is C22H25ClN6O2. The largest absolute Gasteiger partial charge is 0.381 e. The lowest BCUT2D eigenvalue weighted by Crippen LogP contribution is -2.44. The van der Waals surface area contributed by atoms with Gasteiger partial charge in [0.15, 0.2) is 0 Å². The van der Waals surface area contributed by atoms with E-state index in [9.17, 15) is 4.79 Å². The van der Waals surface area contributed by atoms with Crippen molar-refractivity contribution in [2.75, 3.05) is 25.1 Å². The standard InChI is InChI=1S/C22H25ClN6O2/c1-14(15-2-3-16(11-24)19(23)10-15)26-22(30)29-7-4-17-12-25-21(28-20(17)13-29)27-18-5-8-31-9-6-18/h2-3,10,12,14,18H,4-9,13H2,1H3,(H,26,30)(H,25,27,28)/t14-/m1/s1. The molecule has 0 saturated carbocycles. The summed E-state index contributed by atoms with van der Waals surface area (Å²) < 4.78 is 5.40. The van der Waals surface area contributed by atoms with Gasteiger partial charge in [-0.3, -0.25) is 0 Å². The van der Waals surface area contributed by atoms with E-state index in [4.69, 9.17) is 21.6 Å². The van der Waals surface area contributed by atoms with E-state index in [0.29, 0.717) is 35.7 Å². The lowest BCUT2D eigenvalue weighted by molar-refractivity contribution is 0.0903. The van der Waals surface area contributed by atoms with Crippen LogP contribution in [0.3, 0.4) is 0 Å². The van der Waals surface area contributed by atoms with Gasteiger partial charge >= 0.3 is 6.03 Å². The quantitative estimate of drug-likeness (QED) is 0.755. The maximum atomic E-state index is 12.9. The molecule has 0 bridgehead atoms. The summed E-state index contributed by atoms with van der Waals surface area (Å²) in [7, 11) is 0. The minimum absolute atomic E-state index is 0.156. The molecule has 9 heteroatoms. The normalized spacial score (nSPS) is 17.4. The van der Waals surface area contributed by atoms with E-state index in [1.807, 2.05) is 25.3 Å². The Morgan fingerprint density at radius 1 is 1.39 bits per heavy atom. The third kappa shape index (κ3) is 5.06. The van der Waals surface area contributed by atoms with Crippen molar-refractivity contribution in [1.82, 2.24) is 20.2 Å². The van der Waals surface area contributed by atoms with Crippen molar-refractivity contribution in [3.8, 4) is 6.07 Å². The van der Waals surface area contributed by atoms with Crippen molar-refractivity contribution < 1.29 is 9.53 Å². The van der Waals surface area contributed by atoms with E-state index in [2.05, 4.69) is 20.6 Å². The Kier molecular flexibility index (Phi) is 6.54. The molecule has 0 radical (unpaired) electrons. The smallest absolute Gasteiger partial charge is 0.318 e. The average Bonchev–Trinajstić information content (AvgIpc) is 2.79. The minimum atomic E-state index is -0.240. The molecule has 1 fully saturated rings. The summed E-state index contributed by atoms with van der Waals surface area (Å²) in [4.78, 5) is 23.7. The van der Waals surface area contributed by atoms with Crippen molar-refractivity contribution in [2.24, 2.45) is 0 Å². The number of anilines is 1. The van der Waals surface area contributed by atoms with Gasteiger partial charge in [-0.05, 0) is 49.4 Å². The van der Waals surface area contributed by atoms with Gasteiger partial charge in [-0.15, -0.1) is 0 Å². The van der Waals surface area contributed by atoms with Crippen LogP contribution in [0.15, 0.2) is 24.4 Å². The lowest BCUT2D eigenvalue weighted by atomic mass is 10.1. The Bertz CT molecular complexity index is 1000. The fourth-order valence-corrected chi connectivity index (χ4v) is 4.05. The first-order chi connectivity index (χ1) is 15.0. The monoisotopic (exact) mass is 440 g/mol. The second-order valence-corrected chi connectivity index (χ2v) is 8.30. The zero-order valence-electron chi connectivity index (χ0n) is 17.4. The molecule has 2 amide bonds. The molecule has 0 aliphatic carbocycles. The molecule has 1 aromatic heterocycles. The van der Waals surface area contributed by atoms with Crippen LogP contribution in [-0.2, 0) is 17.7 Å². The van der Waals surface area contributed by atoms with Gasteiger partial charge in [0.2, 0.25) is 5.95 Å². The molecule has 1 saturated heterocycles. The molecule has 3 heterocycles. The number of benzene rings is 1. The number of halogens is 1. The first-order valence-corrected chi connectivity index (χ1v) is 10.9. The highest BCUT2D eigenvalue weighted by Gasteiger charge is 2.24. The lowest BCUT2D eigenvalue weighted by Gasteiger charge is -2.30. The van der Waals surface area contributed by atoms with Gasteiger partial charge in [-0.1, -0.05) is 17.7 Å². The van der Waals surface area contributed by atoms with Crippen molar-refractivity contribution in [1.29, 1.82) is 5.26 Å². The first kappa shape index (κ1) is 21.3. The number of urea groups is 1. The van der Waals surface area contributed by atoms with E-state index in [1.165, 1.54) is 0 Å². The van der Waals surface area contributed by atoms with Crippen LogP contribution in [0.1, 0.15) is 48.2 Å². The fraction of sp³-hybridized carbons (Fsp3) is 0.455. The van der Waals surface area contributed by atoms with E-state index in [1.54, 1.807) is 17.0 Å². The summed E-state index contributed by atoms with van der Waals surface area (Å²) in [6.07, 6.45) is 4.45. The molecule has 2 N–H and O–H groups in total. The van der Waals surface area contributed by atoms with Crippen LogP contribution in [0, 0.1) is 11.3 Å². The number of carbonyl (C=O) groups is 1. The molecule has 162 valence electrons. The number of aromatic nitrogens is 2. The highest BCUT2D eigenvalue weighted by molar-refractivity contribution is 6.31. The molecule has 2 aromatic rings. The molecule has 2 aliphatic rings. The SMILES string of the molecule is C[C@@H](NC(=O)N1CCc2cnc(NC3CCOCC3)nc2C1)c1ccc(C#N)c(Cl)c1. The molecule has 31 heavy (non-hydrogen) atoms. The van der Waals surface area contributed by atoms with Crippen molar-refractivity contribution in [3.63, 3.8) is 0 Å². The number of rotatable bonds is 4. The van der Waals surface area contributed by atoms with Crippen LogP contribution < -0.4 is 10.6 Å². The predicted octanol–water partition coefficient (Wildman–Crippen LogP) is 3.42. The maximum absolute atomic E-state index is 12.9. The van der Waals surface area contributed by atoms with Crippen LogP contribution >= 0.6 is 11.6 Å². The fourth-order valence-electron chi connectivity index (χ4n) is 3.82. The molecular weight excluding hydrogens is 416 g/mol. The Labute approximate surface area is 186 Å². The number of nitriles is 1. The van der Waals surface area contributed by atoms with E-state index < -0.39 is 0 Å². The van der Waals surface area contributed by atoms with Gasteiger partial charge in [0.25, 0.3) is 0 Å². The van der Waals surface area contributed by atoms with Crippen molar-refractivity contribution >= 4 is 23.6 Å². The number of hydrogen-bond donors (Lipinski definition) is 2. The molecule has 8 nitrogen and oxygen atoms in total. The predicted molar refractivity (Wildman–Crippen MR) is 117 cm³/mol. The van der Waals surface area contributed by atoms with Crippen molar-refractivity contribution in [3.05, 3.63) is 51.8 Å². The van der Waals surface area contributed by atoms with Crippen LogP contribution in [0.4, 0.5) is 10.7 Å². The van der Waals surface area contributed by atoms with Gasteiger partial charge in [0.05, 0.1) is 28.9 Å². The third-order valence-corrected chi connectivity index (χ3v) is 6.05. The van der Waals surface area contributed by atoms with Crippen LogP contribution in [0.5, 0.6) is 0 Å². The number of nitrogens with zero attached hydrogens (tertiary/aromatic N) is 4. The van der Waals surface area contributed by atoms with Gasteiger partial charge in [0, 0.05) is 32.0 Å². The number of ether oxygens (including phenoxy) is 1. The number of fused-ring (bicyclic) bond motifs is 1. The summed E-state index contributed by atoms with van der Waals surface area (Å²) in [6, 6.07) is 7.16. The average molecular weight is 441 g/mol. The Morgan fingerprint density at radius 3 is 2.94 bits per heavy atom. The summed E-state index contributed by atoms with van der Waals surface area (Å²) in [5.41, 5.74) is 3.22. The third-order valence-electron chi connectivity index (χ3n) is 5.74. The van der Waals surface area contributed by atoms with E-state index >= 15 is 0 Å². The van der Waals surface area contributed by atoms with Crippen molar-refractivity contribution in [2.45, 2.75) is 44.8 Å². The van der Waals surface area contributed by atoms with E-state index in [-0.39, 0.29) is 12.1 Å². The second-order valence-electron chi connectivity index (χ2n) is 7.89. The highest BCUT2D eigenvalue weighted by Crippen LogP contribution is 2.23. The topological polar surface area (TPSA) is 103 Å². The molecule has 1 aromatic carbocycles.